The van der Waals surface area contributed by atoms with Crippen molar-refractivity contribution < 1.29 is 19.4 Å². The lowest BCUT2D eigenvalue weighted by Crippen LogP contribution is -1.99. The molecule has 4 nitrogen and oxygen atoms in total. The molecule has 0 atom stereocenters. The molecule has 112 valence electrons. The van der Waals surface area contributed by atoms with Crippen LogP contribution in [-0.4, -0.2) is 24.7 Å². The molecule has 1 aliphatic rings. The number of carbonyl (C=O) groups excluding carboxylic acids is 1. The van der Waals surface area contributed by atoms with Gasteiger partial charge in [0, 0.05) is 0 Å². The van der Waals surface area contributed by atoms with Gasteiger partial charge >= 0.3 is 5.97 Å². The highest BCUT2D eigenvalue weighted by molar-refractivity contribution is 5.89. The zero-order valence-electron chi connectivity index (χ0n) is 12.2. The molecule has 1 fully saturated rings. The van der Waals surface area contributed by atoms with Crippen molar-refractivity contribution in [2.75, 3.05) is 7.11 Å². The highest BCUT2D eigenvalue weighted by atomic mass is 16.5. The van der Waals surface area contributed by atoms with Crippen molar-refractivity contribution in [2.45, 2.75) is 39.0 Å². The Morgan fingerprint density at radius 3 is 2.30 bits per heavy atom. The van der Waals surface area contributed by atoms with Crippen molar-refractivity contribution in [3.8, 4) is 0 Å². The van der Waals surface area contributed by atoms with E-state index in [1.54, 1.807) is 24.3 Å². The smallest absolute Gasteiger partial charge is 0.337 e. The van der Waals surface area contributed by atoms with Crippen molar-refractivity contribution >= 4 is 12.4 Å². The Labute approximate surface area is 120 Å². The van der Waals surface area contributed by atoms with E-state index < -0.39 is 0 Å². The predicted molar refractivity (Wildman–Crippen MR) is 78.7 cm³/mol. The minimum Gasteiger partial charge on any atom is -0.483 e. The molecule has 0 amide bonds. The number of unbranched alkanes of at least 4 members (excludes halogenated alkanes) is 1. The van der Waals surface area contributed by atoms with Crippen LogP contribution in [0.5, 0.6) is 0 Å². The summed E-state index contributed by atoms with van der Waals surface area (Å²) in [6, 6.07) is 8.88. The number of ether oxygens (including phenoxy) is 1. The molecule has 0 saturated heterocycles. The Balaban J connectivity index is 0.000000315. The number of methoxy groups -OCH3 is 1. The molecule has 1 N–H and O–H groups in total. The normalized spacial score (nSPS) is 12.1. The number of esters is 1. The molecule has 4 heteroatoms. The van der Waals surface area contributed by atoms with Gasteiger partial charge in [-0.1, -0.05) is 57.2 Å². The molecule has 0 radical (unpaired) electrons. The average molecular weight is 280 g/mol. The molecule has 0 heterocycles. The SMILES string of the molecule is CCCCC1CC1.COC(=O)c1ccccc1.O=CO. The molecular formula is C16H24O4. The van der Waals surface area contributed by atoms with Gasteiger partial charge in [0.25, 0.3) is 6.47 Å². The molecule has 1 aromatic rings. The van der Waals surface area contributed by atoms with Gasteiger partial charge in [0.15, 0.2) is 0 Å². The third-order valence-electron chi connectivity index (χ3n) is 2.86. The highest BCUT2D eigenvalue weighted by Crippen LogP contribution is 2.33. The number of hydrogen-bond donors (Lipinski definition) is 1. The van der Waals surface area contributed by atoms with Crippen LogP contribution in [0.15, 0.2) is 30.3 Å². The summed E-state index contributed by atoms with van der Waals surface area (Å²) in [5, 5.41) is 6.89. The number of rotatable bonds is 4. The maximum Gasteiger partial charge on any atom is 0.337 e. The van der Waals surface area contributed by atoms with Crippen molar-refractivity contribution in [3.63, 3.8) is 0 Å². The zero-order valence-corrected chi connectivity index (χ0v) is 12.2. The first-order valence-corrected chi connectivity index (χ1v) is 6.90. The van der Waals surface area contributed by atoms with E-state index in [-0.39, 0.29) is 12.4 Å². The molecule has 0 spiro atoms. The number of carbonyl (C=O) groups is 2. The van der Waals surface area contributed by atoms with Crippen LogP contribution in [0, 0.1) is 5.92 Å². The van der Waals surface area contributed by atoms with Crippen molar-refractivity contribution in [2.24, 2.45) is 5.92 Å². The number of carboxylic acid groups (broad SMARTS) is 1. The summed E-state index contributed by atoms with van der Waals surface area (Å²) in [6.07, 6.45) is 7.41. The van der Waals surface area contributed by atoms with Gasteiger partial charge in [0.1, 0.15) is 0 Å². The molecule has 1 aromatic carbocycles. The Kier molecular flexibility index (Phi) is 11.1. The second kappa shape index (κ2) is 12.2. The van der Waals surface area contributed by atoms with Gasteiger partial charge in [-0.05, 0) is 18.1 Å². The summed E-state index contributed by atoms with van der Waals surface area (Å²) >= 11 is 0. The molecule has 0 aliphatic heterocycles. The lowest BCUT2D eigenvalue weighted by molar-refractivity contribution is -0.122. The topological polar surface area (TPSA) is 63.6 Å². The lowest BCUT2D eigenvalue weighted by Gasteiger charge is -1.95. The first kappa shape index (κ1) is 18.2. The first-order chi connectivity index (χ1) is 9.69. The summed E-state index contributed by atoms with van der Waals surface area (Å²) in [7, 11) is 1.37. The van der Waals surface area contributed by atoms with Gasteiger partial charge in [0.05, 0.1) is 12.7 Å². The van der Waals surface area contributed by atoms with Crippen molar-refractivity contribution in [1.29, 1.82) is 0 Å². The van der Waals surface area contributed by atoms with E-state index in [1.807, 2.05) is 6.07 Å². The summed E-state index contributed by atoms with van der Waals surface area (Å²) in [5.41, 5.74) is 0.588. The van der Waals surface area contributed by atoms with Crippen LogP contribution in [0.3, 0.4) is 0 Å². The van der Waals surface area contributed by atoms with Crippen LogP contribution in [0.1, 0.15) is 49.4 Å². The minimum atomic E-state index is -0.291. The van der Waals surface area contributed by atoms with E-state index in [1.165, 1.54) is 39.2 Å². The Morgan fingerprint density at radius 1 is 1.35 bits per heavy atom. The molecule has 0 bridgehead atoms. The molecular weight excluding hydrogens is 256 g/mol. The first-order valence-electron chi connectivity index (χ1n) is 6.90. The van der Waals surface area contributed by atoms with Crippen LogP contribution >= 0.6 is 0 Å². The summed E-state index contributed by atoms with van der Waals surface area (Å²) in [4.78, 5) is 19.2. The highest BCUT2D eigenvalue weighted by Gasteiger charge is 2.19. The van der Waals surface area contributed by atoms with E-state index in [9.17, 15) is 4.79 Å². The zero-order chi connectivity index (χ0) is 15.2. The third-order valence-corrected chi connectivity index (χ3v) is 2.86. The standard InChI is InChI=1S/C8H8O2.C7H14.CH2O2/c1-10-8(9)7-5-3-2-4-6-7;1-2-3-4-7-5-6-7;2-1-3/h2-6H,1H3;7H,2-6H2,1H3;1H,(H,2,3). The Bertz CT molecular complexity index is 358. The summed E-state index contributed by atoms with van der Waals surface area (Å²) in [6.45, 7) is 2.02. The second-order valence-corrected chi connectivity index (χ2v) is 4.55. The molecule has 1 saturated carbocycles. The fourth-order valence-electron chi connectivity index (χ4n) is 1.59. The maximum atomic E-state index is 10.8. The van der Waals surface area contributed by atoms with Crippen LogP contribution in [-0.2, 0) is 9.53 Å². The predicted octanol–water partition coefficient (Wildman–Crippen LogP) is 3.76. The van der Waals surface area contributed by atoms with Gasteiger partial charge in [-0.3, -0.25) is 4.79 Å². The monoisotopic (exact) mass is 280 g/mol. The average Bonchev–Trinajstić information content (AvgIpc) is 3.31. The molecule has 0 unspecified atom stereocenters. The van der Waals surface area contributed by atoms with E-state index in [0.29, 0.717) is 5.56 Å². The van der Waals surface area contributed by atoms with Gasteiger partial charge < -0.3 is 9.84 Å². The molecule has 1 aliphatic carbocycles. The third kappa shape index (κ3) is 10.1. The lowest BCUT2D eigenvalue weighted by atomic mass is 10.2. The van der Waals surface area contributed by atoms with E-state index in [4.69, 9.17) is 9.90 Å². The van der Waals surface area contributed by atoms with Gasteiger partial charge in [-0.2, -0.15) is 0 Å². The molecule has 20 heavy (non-hydrogen) atoms. The van der Waals surface area contributed by atoms with Crippen LogP contribution in [0.4, 0.5) is 0 Å². The Hall–Kier alpha value is -1.84. The van der Waals surface area contributed by atoms with Crippen LogP contribution in [0.2, 0.25) is 0 Å². The summed E-state index contributed by atoms with van der Waals surface area (Å²) < 4.78 is 4.50. The minimum absolute atomic E-state index is 0.250. The van der Waals surface area contributed by atoms with E-state index in [2.05, 4.69) is 11.7 Å². The Morgan fingerprint density at radius 2 is 1.90 bits per heavy atom. The fraction of sp³-hybridized carbons (Fsp3) is 0.500. The molecule has 0 aromatic heterocycles. The van der Waals surface area contributed by atoms with Crippen molar-refractivity contribution in [1.82, 2.24) is 0 Å². The van der Waals surface area contributed by atoms with Crippen LogP contribution < -0.4 is 0 Å². The maximum absolute atomic E-state index is 10.8. The van der Waals surface area contributed by atoms with Crippen LogP contribution in [0.25, 0.3) is 0 Å². The van der Waals surface area contributed by atoms with Crippen molar-refractivity contribution in [3.05, 3.63) is 35.9 Å². The quantitative estimate of drug-likeness (QED) is 0.673. The number of benzene rings is 1. The second-order valence-electron chi connectivity index (χ2n) is 4.55. The van der Waals surface area contributed by atoms with Gasteiger partial charge in [-0.25, -0.2) is 4.79 Å². The summed E-state index contributed by atoms with van der Waals surface area (Å²) in [5.74, 6) is 0.862. The van der Waals surface area contributed by atoms with Gasteiger partial charge in [0.2, 0.25) is 0 Å². The largest absolute Gasteiger partial charge is 0.483 e. The molecule has 2 rings (SSSR count). The van der Waals surface area contributed by atoms with E-state index in [0.717, 1.165) is 5.92 Å². The van der Waals surface area contributed by atoms with E-state index >= 15 is 0 Å². The number of hydrogen-bond acceptors (Lipinski definition) is 3. The van der Waals surface area contributed by atoms with Gasteiger partial charge in [-0.15, -0.1) is 0 Å². The fourth-order valence-corrected chi connectivity index (χ4v) is 1.59.